The first-order valence-corrected chi connectivity index (χ1v) is 9.70. The summed E-state index contributed by atoms with van der Waals surface area (Å²) in [6, 6.07) is 5.41. The van der Waals surface area contributed by atoms with E-state index in [1.807, 2.05) is 0 Å². The molecule has 0 radical (unpaired) electrons. The fraction of sp³-hybridized carbons (Fsp3) is 0.600. The maximum absolute atomic E-state index is 12.9. The van der Waals surface area contributed by atoms with E-state index in [0.717, 1.165) is 13.0 Å². The quantitative estimate of drug-likeness (QED) is 0.872. The molecule has 5 rings (SSSR count). The third kappa shape index (κ3) is 2.58. The maximum Gasteiger partial charge on any atom is 0.262 e. The lowest BCUT2D eigenvalue weighted by Gasteiger charge is -2.50. The lowest BCUT2D eigenvalue weighted by molar-refractivity contribution is -0.118. The van der Waals surface area contributed by atoms with Gasteiger partial charge in [-0.25, -0.2) is 0 Å². The van der Waals surface area contributed by atoms with Crippen LogP contribution < -0.4 is 15.4 Å². The topological polar surface area (TPSA) is 76.7 Å². The van der Waals surface area contributed by atoms with Gasteiger partial charge in [0.1, 0.15) is 5.75 Å². The van der Waals surface area contributed by atoms with Crippen LogP contribution in [0.3, 0.4) is 0 Å². The maximum atomic E-state index is 12.9. The van der Waals surface area contributed by atoms with Gasteiger partial charge in [0.2, 0.25) is 0 Å². The molecule has 6 nitrogen and oxygen atoms in total. The molecule has 2 aliphatic carbocycles. The van der Waals surface area contributed by atoms with E-state index in [2.05, 4.69) is 10.6 Å². The van der Waals surface area contributed by atoms with Gasteiger partial charge in [-0.1, -0.05) is 25.7 Å². The second-order valence-corrected chi connectivity index (χ2v) is 7.96. The fourth-order valence-corrected chi connectivity index (χ4v) is 5.31. The molecule has 0 unspecified atom stereocenters. The summed E-state index contributed by atoms with van der Waals surface area (Å²) in [4.78, 5) is 24.2. The van der Waals surface area contributed by atoms with Crippen LogP contribution in [0.15, 0.2) is 18.2 Å². The SMILES string of the molecule is O=C1COc2cc(C(=O)N[C@H]3[C@H]4CCO[C@H]4[C@H]3C3CCCC3)ccc2N1. The first-order chi connectivity index (χ1) is 12.7. The second-order valence-electron chi connectivity index (χ2n) is 7.96. The average Bonchev–Trinajstić information content (AvgIpc) is 3.30. The summed E-state index contributed by atoms with van der Waals surface area (Å²) in [5, 5.41) is 6.04. The summed E-state index contributed by atoms with van der Waals surface area (Å²) >= 11 is 0. The summed E-state index contributed by atoms with van der Waals surface area (Å²) < 4.78 is 11.4. The molecular weight excluding hydrogens is 332 g/mol. The van der Waals surface area contributed by atoms with Gasteiger partial charge in [0.25, 0.3) is 11.8 Å². The number of nitrogens with one attached hydrogen (secondary N) is 2. The smallest absolute Gasteiger partial charge is 0.262 e. The van der Waals surface area contributed by atoms with Gasteiger partial charge in [-0.2, -0.15) is 0 Å². The molecule has 2 aliphatic heterocycles. The monoisotopic (exact) mass is 356 g/mol. The predicted molar refractivity (Wildman–Crippen MR) is 95.1 cm³/mol. The molecule has 4 aliphatic rings. The van der Waals surface area contributed by atoms with Crippen molar-refractivity contribution in [1.29, 1.82) is 0 Å². The largest absolute Gasteiger partial charge is 0.482 e. The van der Waals surface area contributed by atoms with Gasteiger partial charge < -0.3 is 20.1 Å². The minimum atomic E-state index is -0.171. The summed E-state index contributed by atoms with van der Waals surface area (Å²) in [5.41, 5.74) is 1.20. The number of carbonyl (C=O) groups excluding carboxylic acids is 2. The summed E-state index contributed by atoms with van der Waals surface area (Å²) in [5.74, 6) is 1.92. The van der Waals surface area contributed by atoms with Crippen LogP contribution in [0.4, 0.5) is 5.69 Å². The summed E-state index contributed by atoms with van der Waals surface area (Å²) in [7, 11) is 0. The first-order valence-electron chi connectivity index (χ1n) is 9.70. The van der Waals surface area contributed by atoms with E-state index in [9.17, 15) is 9.59 Å². The van der Waals surface area contributed by atoms with Crippen LogP contribution in [0.5, 0.6) is 5.75 Å². The third-order valence-corrected chi connectivity index (χ3v) is 6.56. The van der Waals surface area contributed by atoms with Gasteiger partial charge in [-0.15, -0.1) is 0 Å². The van der Waals surface area contributed by atoms with Crippen molar-refractivity contribution in [3.8, 4) is 5.75 Å². The predicted octanol–water partition coefficient (Wildman–Crippen LogP) is 2.34. The van der Waals surface area contributed by atoms with E-state index in [1.165, 1.54) is 25.7 Å². The van der Waals surface area contributed by atoms with Crippen molar-refractivity contribution in [3.05, 3.63) is 23.8 Å². The van der Waals surface area contributed by atoms with Crippen LogP contribution in [0.25, 0.3) is 0 Å². The Hall–Kier alpha value is -2.08. The molecule has 4 atom stereocenters. The number of rotatable bonds is 3. The van der Waals surface area contributed by atoms with E-state index >= 15 is 0 Å². The van der Waals surface area contributed by atoms with Crippen LogP contribution in [0.2, 0.25) is 0 Å². The van der Waals surface area contributed by atoms with Gasteiger partial charge >= 0.3 is 0 Å². The molecule has 0 aromatic heterocycles. The van der Waals surface area contributed by atoms with Crippen LogP contribution in [0, 0.1) is 17.8 Å². The Labute approximate surface area is 152 Å². The number of hydrogen-bond donors (Lipinski definition) is 2. The Balaban J connectivity index is 1.32. The molecule has 26 heavy (non-hydrogen) atoms. The number of benzene rings is 1. The van der Waals surface area contributed by atoms with Crippen molar-refractivity contribution >= 4 is 17.5 Å². The van der Waals surface area contributed by atoms with Crippen molar-refractivity contribution in [2.24, 2.45) is 17.8 Å². The van der Waals surface area contributed by atoms with Crippen molar-refractivity contribution in [1.82, 2.24) is 5.32 Å². The third-order valence-electron chi connectivity index (χ3n) is 6.56. The number of fused-ring (bicyclic) bond motifs is 2. The number of anilines is 1. The molecular formula is C20H24N2O4. The Morgan fingerprint density at radius 2 is 2.04 bits per heavy atom. The minimum absolute atomic E-state index is 0.00839. The number of hydrogen-bond acceptors (Lipinski definition) is 4. The molecule has 2 saturated carbocycles. The Morgan fingerprint density at radius 1 is 1.19 bits per heavy atom. The van der Waals surface area contributed by atoms with Crippen LogP contribution in [0.1, 0.15) is 42.5 Å². The molecule has 138 valence electrons. The fourth-order valence-electron chi connectivity index (χ4n) is 5.31. The molecule has 1 aromatic rings. The highest BCUT2D eigenvalue weighted by molar-refractivity contribution is 5.99. The zero-order chi connectivity index (χ0) is 17.7. The van der Waals surface area contributed by atoms with Crippen LogP contribution in [-0.2, 0) is 9.53 Å². The van der Waals surface area contributed by atoms with Crippen LogP contribution >= 0.6 is 0 Å². The zero-order valence-corrected chi connectivity index (χ0v) is 14.7. The van der Waals surface area contributed by atoms with Crippen molar-refractivity contribution in [2.45, 2.75) is 44.2 Å². The highest BCUT2D eigenvalue weighted by Gasteiger charge is 2.57. The van der Waals surface area contributed by atoms with Gasteiger partial charge in [-0.05, 0) is 30.5 Å². The Kier molecular flexibility index (Phi) is 3.89. The molecule has 6 heteroatoms. The van der Waals surface area contributed by atoms with Gasteiger partial charge in [-0.3, -0.25) is 9.59 Å². The van der Waals surface area contributed by atoms with Gasteiger partial charge in [0.05, 0.1) is 11.8 Å². The van der Waals surface area contributed by atoms with E-state index in [-0.39, 0.29) is 24.5 Å². The molecule has 0 spiro atoms. The standard InChI is InChI=1S/C20H24N2O4/c23-16-10-26-15-9-12(5-6-14(15)21-16)20(24)22-18-13-7-8-25-19(13)17(18)11-3-1-2-4-11/h5-6,9,11,13,17-19H,1-4,7-8,10H2,(H,21,23)(H,22,24)/t13-,17+,18+,19-/m1/s1. The molecule has 2 heterocycles. The van der Waals surface area contributed by atoms with E-state index in [4.69, 9.17) is 9.47 Å². The molecule has 3 fully saturated rings. The molecule has 2 amide bonds. The highest BCUT2D eigenvalue weighted by Crippen LogP contribution is 2.51. The van der Waals surface area contributed by atoms with Crippen molar-refractivity contribution < 1.29 is 19.1 Å². The van der Waals surface area contributed by atoms with E-state index in [0.29, 0.717) is 40.9 Å². The zero-order valence-electron chi connectivity index (χ0n) is 14.7. The molecule has 1 aromatic carbocycles. The van der Waals surface area contributed by atoms with E-state index < -0.39 is 0 Å². The normalized spacial score (nSPS) is 32.8. The van der Waals surface area contributed by atoms with Gasteiger partial charge in [0.15, 0.2) is 6.61 Å². The molecule has 1 saturated heterocycles. The Morgan fingerprint density at radius 3 is 2.88 bits per heavy atom. The van der Waals surface area contributed by atoms with Crippen molar-refractivity contribution in [2.75, 3.05) is 18.5 Å². The number of ether oxygens (including phenoxy) is 2. The minimum Gasteiger partial charge on any atom is -0.482 e. The number of amides is 2. The molecule has 0 bridgehead atoms. The Bertz CT molecular complexity index is 739. The second kappa shape index (κ2) is 6.27. The molecule has 2 N–H and O–H groups in total. The first kappa shape index (κ1) is 16.1. The number of carbonyl (C=O) groups is 2. The van der Waals surface area contributed by atoms with Crippen LogP contribution in [-0.4, -0.2) is 37.2 Å². The lowest BCUT2D eigenvalue weighted by Crippen LogP contribution is -2.63. The van der Waals surface area contributed by atoms with E-state index in [1.54, 1.807) is 18.2 Å². The summed E-state index contributed by atoms with van der Waals surface area (Å²) in [6.07, 6.45) is 6.50. The lowest BCUT2D eigenvalue weighted by atomic mass is 9.61. The van der Waals surface area contributed by atoms with Crippen molar-refractivity contribution in [3.63, 3.8) is 0 Å². The van der Waals surface area contributed by atoms with Gasteiger partial charge in [0, 0.05) is 30.0 Å². The average molecular weight is 356 g/mol. The summed E-state index contributed by atoms with van der Waals surface area (Å²) in [6.45, 7) is 0.808. The highest BCUT2D eigenvalue weighted by atomic mass is 16.5.